The molecular formula is C9H7ClO3. The second-order valence-electron chi connectivity index (χ2n) is 2.35. The summed E-state index contributed by atoms with van der Waals surface area (Å²) in [6.45, 7) is 0. The van der Waals surface area contributed by atoms with E-state index in [-0.39, 0.29) is 10.6 Å². The molecule has 0 aliphatic heterocycles. The first-order valence-corrected chi connectivity index (χ1v) is 3.90. The van der Waals surface area contributed by atoms with E-state index in [0.717, 1.165) is 0 Å². The summed E-state index contributed by atoms with van der Waals surface area (Å²) in [4.78, 5) is 21.4. The number of rotatable bonds is 2. The highest BCUT2D eigenvalue weighted by atomic mass is 35.5. The molecule has 68 valence electrons. The van der Waals surface area contributed by atoms with Crippen LogP contribution in [-0.2, 0) is 4.74 Å². The molecule has 0 aliphatic rings. The number of halogens is 1. The lowest BCUT2D eigenvalue weighted by Crippen LogP contribution is -2.02. The third-order valence-electron chi connectivity index (χ3n) is 1.53. The van der Waals surface area contributed by atoms with Gasteiger partial charge in [-0.3, -0.25) is 4.79 Å². The molecule has 4 heteroatoms. The second-order valence-corrected chi connectivity index (χ2v) is 2.76. The molecule has 0 heterocycles. The predicted octanol–water partition coefficient (Wildman–Crippen LogP) is 1.94. The molecule has 0 radical (unpaired) electrons. The Morgan fingerprint density at radius 1 is 1.54 bits per heavy atom. The highest BCUT2D eigenvalue weighted by Crippen LogP contribution is 2.17. The van der Waals surface area contributed by atoms with Gasteiger partial charge in [0.05, 0.1) is 17.7 Å². The molecule has 1 rings (SSSR count). The van der Waals surface area contributed by atoms with Crippen LogP contribution < -0.4 is 0 Å². The van der Waals surface area contributed by atoms with E-state index in [1.165, 1.54) is 25.3 Å². The Hall–Kier alpha value is -1.35. The summed E-state index contributed by atoms with van der Waals surface area (Å²) < 4.78 is 4.48. The SMILES string of the molecule is COC(=O)c1ccc(C=O)cc1Cl. The number of aldehydes is 1. The van der Waals surface area contributed by atoms with Crippen LogP contribution in [0.15, 0.2) is 18.2 Å². The summed E-state index contributed by atoms with van der Waals surface area (Å²) in [5.41, 5.74) is 0.687. The molecule has 3 nitrogen and oxygen atoms in total. The minimum atomic E-state index is -0.512. The molecule has 1 aromatic rings. The van der Waals surface area contributed by atoms with Crippen LogP contribution in [0.25, 0.3) is 0 Å². The van der Waals surface area contributed by atoms with Crippen LogP contribution in [-0.4, -0.2) is 19.4 Å². The van der Waals surface area contributed by atoms with Crippen molar-refractivity contribution in [2.75, 3.05) is 7.11 Å². The molecule has 0 saturated carbocycles. The fourth-order valence-corrected chi connectivity index (χ4v) is 1.15. The van der Waals surface area contributed by atoms with Gasteiger partial charge < -0.3 is 4.74 Å². The van der Waals surface area contributed by atoms with Crippen molar-refractivity contribution in [3.63, 3.8) is 0 Å². The van der Waals surface area contributed by atoms with Crippen molar-refractivity contribution in [1.82, 2.24) is 0 Å². The van der Waals surface area contributed by atoms with E-state index >= 15 is 0 Å². The van der Waals surface area contributed by atoms with Gasteiger partial charge in [-0.15, -0.1) is 0 Å². The molecule has 0 fully saturated rings. The smallest absolute Gasteiger partial charge is 0.339 e. The summed E-state index contributed by atoms with van der Waals surface area (Å²) in [6.07, 6.45) is 0.660. The van der Waals surface area contributed by atoms with Crippen LogP contribution in [0.5, 0.6) is 0 Å². The Balaban J connectivity index is 3.12. The van der Waals surface area contributed by atoms with Crippen molar-refractivity contribution in [2.45, 2.75) is 0 Å². The molecule has 0 aliphatic carbocycles. The molecule has 13 heavy (non-hydrogen) atoms. The van der Waals surface area contributed by atoms with Gasteiger partial charge in [0.1, 0.15) is 6.29 Å². The van der Waals surface area contributed by atoms with Crippen LogP contribution in [0, 0.1) is 0 Å². The molecule has 0 spiro atoms. The van der Waals surface area contributed by atoms with Crippen LogP contribution in [0.2, 0.25) is 5.02 Å². The normalized spacial score (nSPS) is 9.38. The molecule has 0 atom stereocenters. The topological polar surface area (TPSA) is 43.4 Å². The van der Waals surface area contributed by atoms with Crippen LogP contribution in [0.1, 0.15) is 20.7 Å². The summed E-state index contributed by atoms with van der Waals surface area (Å²) in [5, 5.41) is 0.219. The summed E-state index contributed by atoms with van der Waals surface area (Å²) in [5.74, 6) is -0.512. The first kappa shape index (κ1) is 9.74. The highest BCUT2D eigenvalue weighted by Gasteiger charge is 2.10. The van der Waals surface area contributed by atoms with E-state index in [2.05, 4.69) is 4.74 Å². The Kier molecular flexibility index (Phi) is 3.03. The van der Waals surface area contributed by atoms with Crippen LogP contribution in [0.4, 0.5) is 0 Å². The fourth-order valence-electron chi connectivity index (χ4n) is 0.880. The molecule has 0 N–H and O–H groups in total. The molecular weight excluding hydrogens is 192 g/mol. The Bertz CT molecular complexity index is 347. The van der Waals surface area contributed by atoms with Crippen LogP contribution in [0.3, 0.4) is 0 Å². The van der Waals surface area contributed by atoms with Crippen molar-refractivity contribution in [1.29, 1.82) is 0 Å². The van der Waals surface area contributed by atoms with Crippen molar-refractivity contribution in [3.8, 4) is 0 Å². The van der Waals surface area contributed by atoms with Gasteiger partial charge in [0.15, 0.2) is 0 Å². The number of methoxy groups -OCH3 is 1. The summed E-state index contributed by atoms with van der Waals surface area (Å²) in [6, 6.07) is 4.38. The number of carbonyl (C=O) groups excluding carboxylic acids is 2. The minimum absolute atomic E-state index is 0.219. The molecule has 0 amide bonds. The standard InChI is InChI=1S/C9H7ClO3/c1-13-9(12)7-3-2-6(5-11)4-8(7)10/h2-5H,1H3. The molecule has 0 unspecified atom stereocenters. The number of ether oxygens (including phenoxy) is 1. The van der Waals surface area contributed by atoms with E-state index < -0.39 is 5.97 Å². The van der Waals surface area contributed by atoms with Gasteiger partial charge in [0.2, 0.25) is 0 Å². The average molecular weight is 199 g/mol. The zero-order valence-electron chi connectivity index (χ0n) is 6.91. The van der Waals surface area contributed by atoms with E-state index in [9.17, 15) is 9.59 Å². The Morgan fingerprint density at radius 3 is 2.69 bits per heavy atom. The van der Waals surface area contributed by atoms with Gasteiger partial charge >= 0.3 is 5.97 Å². The van der Waals surface area contributed by atoms with Gasteiger partial charge in [-0.2, -0.15) is 0 Å². The minimum Gasteiger partial charge on any atom is -0.465 e. The molecule has 0 bridgehead atoms. The zero-order valence-corrected chi connectivity index (χ0v) is 7.67. The largest absolute Gasteiger partial charge is 0.465 e. The van der Waals surface area contributed by atoms with Gasteiger partial charge in [-0.1, -0.05) is 17.7 Å². The van der Waals surface area contributed by atoms with E-state index in [1.807, 2.05) is 0 Å². The summed E-state index contributed by atoms with van der Waals surface area (Å²) >= 11 is 5.72. The third-order valence-corrected chi connectivity index (χ3v) is 1.85. The van der Waals surface area contributed by atoms with Gasteiger partial charge in [0, 0.05) is 5.56 Å². The maximum atomic E-state index is 11.0. The van der Waals surface area contributed by atoms with Gasteiger partial charge in [-0.05, 0) is 12.1 Å². The number of carbonyl (C=O) groups is 2. The lowest BCUT2D eigenvalue weighted by molar-refractivity contribution is 0.0600. The van der Waals surface area contributed by atoms with Crippen molar-refractivity contribution in [2.24, 2.45) is 0 Å². The highest BCUT2D eigenvalue weighted by molar-refractivity contribution is 6.33. The summed E-state index contributed by atoms with van der Waals surface area (Å²) in [7, 11) is 1.27. The maximum Gasteiger partial charge on any atom is 0.339 e. The second kappa shape index (κ2) is 4.05. The van der Waals surface area contributed by atoms with Crippen LogP contribution >= 0.6 is 11.6 Å². The quantitative estimate of drug-likeness (QED) is 0.539. The number of hydrogen-bond donors (Lipinski definition) is 0. The van der Waals surface area contributed by atoms with E-state index in [4.69, 9.17) is 11.6 Å². The zero-order chi connectivity index (χ0) is 9.84. The third kappa shape index (κ3) is 2.06. The Morgan fingerprint density at radius 2 is 2.23 bits per heavy atom. The first-order valence-electron chi connectivity index (χ1n) is 3.52. The van der Waals surface area contributed by atoms with E-state index in [0.29, 0.717) is 11.8 Å². The average Bonchev–Trinajstić information content (AvgIpc) is 2.16. The van der Waals surface area contributed by atoms with Gasteiger partial charge in [-0.25, -0.2) is 4.79 Å². The maximum absolute atomic E-state index is 11.0. The lowest BCUT2D eigenvalue weighted by Gasteiger charge is -2.01. The van der Waals surface area contributed by atoms with Crippen molar-refractivity contribution >= 4 is 23.9 Å². The molecule has 0 aromatic heterocycles. The lowest BCUT2D eigenvalue weighted by atomic mass is 10.1. The number of hydrogen-bond acceptors (Lipinski definition) is 3. The van der Waals surface area contributed by atoms with Crippen molar-refractivity contribution < 1.29 is 14.3 Å². The molecule has 0 saturated heterocycles. The number of benzene rings is 1. The van der Waals surface area contributed by atoms with E-state index in [1.54, 1.807) is 0 Å². The first-order chi connectivity index (χ1) is 6.19. The molecule has 1 aromatic carbocycles. The Labute approximate surface area is 80.3 Å². The van der Waals surface area contributed by atoms with Crippen molar-refractivity contribution in [3.05, 3.63) is 34.3 Å². The number of esters is 1. The predicted molar refractivity (Wildman–Crippen MR) is 48.2 cm³/mol. The monoisotopic (exact) mass is 198 g/mol. The van der Waals surface area contributed by atoms with Gasteiger partial charge in [0.25, 0.3) is 0 Å². The fraction of sp³-hybridized carbons (Fsp3) is 0.111.